The van der Waals surface area contributed by atoms with Crippen LogP contribution >= 0.6 is 0 Å². The van der Waals surface area contributed by atoms with Crippen LogP contribution in [0.5, 0.6) is 0 Å². The molecular weight excluding hydrogens is 496 g/mol. The van der Waals surface area contributed by atoms with Crippen LogP contribution in [0.2, 0.25) is 25.7 Å². The number of hydrogen-bond donors (Lipinski definition) is 1. The number of aryl methyl sites for hydroxylation is 1. The summed E-state index contributed by atoms with van der Waals surface area (Å²) in [5, 5.41) is 15.4. The normalized spacial score (nSPS) is 19.1. The SMILES string of the molecule is C[Si](C)(C)CCOCn1cc(-c2cccnc2)c2cc(-c3cc4n(n3)CCC43CCN(C(=O)O)C3)cnc21. The number of likely N-dealkylation sites (tertiary alicyclic amines) is 1. The predicted octanol–water partition coefficient (Wildman–Crippen LogP) is 5.30. The fourth-order valence-electron chi connectivity index (χ4n) is 5.76. The number of fused-ring (bicyclic) bond motifs is 3. The molecule has 1 atom stereocenters. The molecule has 1 fully saturated rings. The molecule has 0 bridgehead atoms. The van der Waals surface area contributed by atoms with Crippen molar-refractivity contribution in [2.45, 2.75) is 57.2 Å². The first kappa shape index (κ1) is 24.8. The minimum Gasteiger partial charge on any atom is -0.465 e. The highest BCUT2D eigenvalue weighted by molar-refractivity contribution is 6.76. The average molecular weight is 531 g/mol. The van der Waals surface area contributed by atoms with Gasteiger partial charge >= 0.3 is 6.09 Å². The van der Waals surface area contributed by atoms with Crippen LogP contribution in [0.25, 0.3) is 33.4 Å². The molecule has 4 aromatic rings. The van der Waals surface area contributed by atoms with E-state index in [9.17, 15) is 9.90 Å². The van der Waals surface area contributed by atoms with E-state index >= 15 is 0 Å². The molecule has 6 rings (SSSR count). The predicted molar refractivity (Wildman–Crippen MR) is 149 cm³/mol. The standard InChI is InChI=1S/C28H34N6O3Si/c1-38(2,3)12-11-37-19-33-17-23(20-5-4-8-29-15-20)22-13-21(16-30-26(22)33)24-14-25-28(7-10-34(25)31-24)6-9-32(18-28)27(35)36/h4-5,8,13-17H,6-7,9-12,18-19H2,1-3H3,(H,35,36). The van der Waals surface area contributed by atoms with Gasteiger partial charge in [0.05, 0.1) is 5.69 Å². The minimum absolute atomic E-state index is 0.140. The van der Waals surface area contributed by atoms with Gasteiger partial charge in [0.2, 0.25) is 0 Å². The largest absolute Gasteiger partial charge is 0.465 e. The summed E-state index contributed by atoms with van der Waals surface area (Å²) >= 11 is 0. The zero-order valence-electron chi connectivity index (χ0n) is 22.2. The molecule has 38 heavy (non-hydrogen) atoms. The number of rotatable bonds is 7. The van der Waals surface area contributed by atoms with E-state index < -0.39 is 14.2 Å². The van der Waals surface area contributed by atoms with Gasteiger partial charge in [-0.1, -0.05) is 25.7 Å². The van der Waals surface area contributed by atoms with E-state index in [1.165, 1.54) is 4.90 Å². The van der Waals surface area contributed by atoms with Crippen molar-refractivity contribution in [3.8, 4) is 22.4 Å². The lowest BCUT2D eigenvalue weighted by molar-refractivity contribution is 0.0899. The molecule has 0 radical (unpaired) electrons. The van der Waals surface area contributed by atoms with E-state index in [1.54, 1.807) is 6.20 Å². The Bertz CT molecular complexity index is 1490. The molecule has 1 amide bonds. The van der Waals surface area contributed by atoms with Crippen LogP contribution in [0.15, 0.2) is 49.1 Å². The number of aromatic nitrogens is 5. The minimum atomic E-state index is -1.16. The van der Waals surface area contributed by atoms with Crippen LogP contribution in [-0.2, 0) is 23.4 Å². The monoisotopic (exact) mass is 530 g/mol. The van der Waals surface area contributed by atoms with E-state index in [4.69, 9.17) is 14.8 Å². The summed E-state index contributed by atoms with van der Waals surface area (Å²) in [5.41, 5.74) is 5.78. The van der Waals surface area contributed by atoms with E-state index in [-0.39, 0.29) is 5.41 Å². The average Bonchev–Trinajstić information content (AvgIpc) is 3.66. The van der Waals surface area contributed by atoms with Gasteiger partial charge in [-0.15, -0.1) is 0 Å². The topological polar surface area (TPSA) is 98.3 Å². The van der Waals surface area contributed by atoms with Crippen molar-refractivity contribution in [1.29, 1.82) is 0 Å². The molecule has 10 heteroatoms. The smallest absolute Gasteiger partial charge is 0.407 e. The Labute approximate surface area is 223 Å². The van der Waals surface area contributed by atoms with Crippen molar-refractivity contribution in [2.24, 2.45) is 0 Å². The number of carboxylic acid groups (broad SMARTS) is 1. The van der Waals surface area contributed by atoms with Crippen molar-refractivity contribution < 1.29 is 14.6 Å². The van der Waals surface area contributed by atoms with E-state index in [0.717, 1.165) is 71.1 Å². The molecule has 1 spiro atoms. The highest BCUT2D eigenvalue weighted by Gasteiger charge is 2.47. The lowest BCUT2D eigenvalue weighted by atomic mass is 9.82. The summed E-state index contributed by atoms with van der Waals surface area (Å²) in [7, 11) is -1.16. The van der Waals surface area contributed by atoms with Gasteiger partial charge in [0.25, 0.3) is 0 Å². The Morgan fingerprint density at radius 1 is 1.16 bits per heavy atom. The summed E-state index contributed by atoms with van der Waals surface area (Å²) in [6.07, 6.45) is 8.58. The van der Waals surface area contributed by atoms with Gasteiger partial charge in [-0.2, -0.15) is 5.10 Å². The molecule has 1 saturated heterocycles. The number of nitrogens with zero attached hydrogens (tertiary/aromatic N) is 6. The van der Waals surface area contributed by atoms with Crippen molar-refractivity contribution in [3.05, 3.63) is 54.7 Å². The molecule has 0 aliphatic carbocycles. The summed E-state index contributed by atoms with van der Waals surface area (Å²) in [4.78, 5) is 22.3. The van der Waals surface area contributed by atoms with Crippen molar-refractivity contribution in [2.75, 3.05) is 19.7 Å². The molecule has 9 nitrogen and oxygen atoms in total. The number of pyridine rings is 2. The maximum atomic E-state index is 11.6. The van der Waals surface area contributed by atoms with E-state index in [1.807, 2.05) is 18.5 Å². The quantitative estimate of drug-likeness (QED) is 0.257. The van der Waals surface area contributed by atoms with Crippen LogP contribution in [0, 0.1) is 0 Å². The maximum Gasteiger partial charge on any atom is 0.407 e. The lowest BCUT2D eigenvalue weighted by Gasteiger charge is -2.21. The Balaban J connectivity index is 1.34. The van der Waals surface area contributed by atoms with Gasteiger partial charge in [-0.05, 0) is 37.1 Å². The first-order valence-corrected chi connectivity index (χ1v) is 17.0. The van der Waals surface area contributed by atoms with Crippen LogP contribution in [-0.4, -0.2) is 68.2 Å². The fourth-order valence-corrected chi connectivity index (χ4v) is 6.51. The zero-order valence-corrected chi connectivity index (χ0v) is 23.2. The lowest BCUT2D eigenvalue weighted by Crippen LogP contribution is -2.32. The van der Waals surface area contributed by atoms with Gasteiger partial charge in [-0.25, -0.2) is 9.78 Å². The molecule has 2 aliphatic heterocycles. The van der Waals surface area contributed by atoms with Gasteiger partial charge in [0.15, 0.2) is 0 Å². The van der Waals surface area contributed by atoms with Gasteiger partial charge < -0.3 is 19.3 Å². The van der Waals surface area contributed by atoms with E-state index in [0.29, 0.717) is 19.8 Å². The van der Waals surface area contributed by atoms with Crippen LogP contribution in [0.1, 0.15) is 18.5 Å². The number of ether oxygens (including phenoxy) is 1. The summed E-state index contributed by atoms with van der Waals surface area (Å²) < 4.78 is 10.2. The maximum absolute atomic E-state index is 11.6. The molecule has 4 aromatic heterocycles. The van der Waals surface area contributed by atoms with Crippen LogP contribution in [0.3, 0.4) is 0 Å². The number of hydrogen-bond acceptors (Lipinski definition) is 5. The second-order valence-corrected chi connectivity index (χ2v) is 17.4. The van der Waals surface area contributed by atoms with E-state index in [2.05, 4.69) is 58.3 Å². The third-order valence-electron chi connectivity index (χ3n) is 7.96. The third kappa shape index (κ3) is 4.52. The number of amides is 1. The second kappa shape index (κ2) is 9.35. The molecule has 6 heterocycles. The first-order chi connectivity index (χ1) is 18.2. The molecule has 1 N–H and O–H groups in total. The molecule has 1 unspecified atom stereocenters. The highest BCUT2D eigenvalue weighted by atomic mass is 28.3. The molecule has 2 aliphatic rings. The van der Waals surface area contributed by atoms with Gasteiger partial charge in [0, 0.05) is 92.3 Å². The third-order valence-corrected chi connectivity index (χ3v) is 9.66. The van der Waals surface area contributed by atoms with Crippen LogP contribution < -0.4 is 0 Å². The zero-order chi connectivity index (χ0) is 26.5. The van der Waals surface area contributed by atoms with Gasteiger partial charge in [0.1, 0.15) is 12.4 Å². The van der Waals surface area contributed by atoms with Crippen molar-refractivity contribution in [3.63, 3.8) is 0 Å². The molecule has 198 valence electrons. The first-order valence-electron chi connectivity index (χ1n) is 13.3. The van der Waals surface area contributed by atoms with Crippen molar-refractivity contribution in [1.82, 2.24) is 29.2 Å². The molecule has 0 saturated carbocycles. The second-order valence-electron chi connectivity index (χ2n) is 11.8. The van der Waals surface area contributed by atoms with Crippen LogP contribution in [0.4, 0.5) is 4.79 Å². The Kier molecular flexibility index (Phi) is 6.11. The van der Waals surface area contributed by atoms with Gasteiger partial charge in [-0.3, -0.25) is 9.67 Å². The Morgan fingerprint density at radius 3 is 2.74 bits per heavy atom. The summed E-state index contributed by atoms with van der Waals surface area (Å²) in [6.45, 7) is 10.2. The Hall–Kier alpha value is -3.50. The van der Waals surface area contributed by atoms with Crippen molar-refractivity contribution >= 4 is 25.2 Å². The number of carbonyl (C=O) groups is 1. The summed E-state index contributed by atoms with van der Waals surface area (Å²) in [5.74, 6) is 0. The highest BCUT2D eigenvalue weighted by Crippen LogP contribution is 2.44. The molecule has 0 aromatic carbocycles. The Morgan fingerprint density at radius 2 is 2.00 bits per heavy atom. The summed E-state index contributed by atoms with van der Waals surface area (Å²) in [6, 6.07) is 9.43. The molecular formula is C28H34N6O3Si. The fraction of sp³-hybridized carbons (Fsp3) is 0.429.